The maximum absolute atomic E-state index is 13.6. The van der Waals surface area contributed by atoms with Gasteiger partial charge in [-0.25, -0.2) is 0 Å². The van der Waals surface area contributed by atoms with Crippen LogP contribution in [-0.4, -0.2) is 73.5 Å². The van der Waals surface area contributed by atoms with Crippen molar-refractivity contribution in [2.45, 2.75) is 50.6 Å². The molecule has 1 aliphatic carbocycles. The fourth-order valence-corrected chi connectivity index (χ4v) is 4.70. The van der Waals surface area contributed by atoms with Gasteiger partial charge >= 0.3 is 0 Å². The minimum atomic E-state index is -0.808. The van der Waals surface area contributed by atoms with Gasteiger partial charge in [0.1, 0.15) is 0 Å². The Morgan fingerprint density at radius 3 is 1.36 bits per heavy atom. The zero-order chi connectivity index (χ0) is 32.2. The van der Waals surface area contributed by atoms with Crippen molar-refractivity contribution in [3.63, 3.8) is 0 Å². The molecular weight excluding hydrogens is 568 g/mol. The molecule has 0 unspecified atom stereocenters. The van der Waals surface area contributed by atoms with E-state index in [1.807, 2.05) is 0 Å². The predicted octanol–water partition coefficient (Wildman–Crippen LogP) is -0.516. The molecule has 12 N–H and O–H groups in total. The molecule has 0 aliphatic heterocycles. The highest BCUT2D eigenvalue weighted by Crippen LogP contribution is 2.36. The van der Waals surface area contributed by atoms with Crippen LogP contribution in [0, 0.1) is 0 Å². The summed E-state index contributed by atoms with van der Waals surface area (Å²) in [6.45, 7) is 0.111. The van der Waals surface area contributed by atoms with Crippen LogP contribution in [-0.2, 0) is 19.2 Å². The standard InChI is InChI=1S/C30H40N8O6/c31-13-5-3-9-19(33)29(43)35-15-23(39)37-21-11-12-22(38-24(40)16-36-30(44)20(34)10-4-6-14-32)26-25(21)27(41)17-7-1-2-8-18(17)28(26)42/h1-2,7-8,11-12,19-20H,3-6,9-10,13-16,31-34H2,(H,35,43)(H,36,44)(H,37,39)(H,38,40)/t19-,20-/m1/s1. The number of anilines is 2. The van der Waals surface area contributed by atoms with E-state index in [0.29, 0.717) is 38.8 Å². The zero-order valence-electron chi connectivity index (χ0n) is 24.4. The third kappa shape index (κ3) is 8.76. The summed E-state index contributed by atoms with van der Waals surface area (Å²) in [6, 6.07) is 7.33. The molecule has 14 nitrogen and oxygen atoms in total. The van der Waals surface area contributed by atoms with Gasteiger partial charge < -0.3 is 44.2 Å². The average Bonchev–Trinajstić information content (AvgIpc) is 3.01. The number of ketones is 2. The molecule has 0 radical (unpaired) electrons. The molecule has 2 aromatic carbocycles. The van der Waals surface area contributed by atoms with Crippen LogP contribution in [0.3, 0.4) is 0 Å². The molecule has 44 heavy (non-hydrogen) atoms. The van der Waals surface area contributed by atoms with Crippen molar-refractivity contribution in [2.75, 3.05) is 36.8 Å². The van der Waals surface area contributed by atoms with Gasteiger partial charge in [0.15, 0.2) is 11.6 Å². The highest BCUT2D eigenvalue weighted by Gasteiger charge is 2.34. The summed E-state index contributed by atoms with van der Waals surface area (Å²) in [5.74, 6) is -3.41. The predicted molar refractivity (Wildman–Crippen MR) is 165 cm³/mol. The normalized spacial score (nSPS) is 13.3. The number of nitrogens with one attached hydrogen (secondary N) is 4. The Kier molecular flexibility index (Phi) is 12.7. The van der Waals surface area contributed by atoms with Crippen molar-refractivity contribution in [1.82, 2.24) is 10.6 Å². The number of unbranched alkanes of at least 4 members (excludes halogenated alkanes) is 2. The van der Waals surface area contributed by atoms with E-state index in [1.165, 1.54) is 24.3 Å². The van der Waals surface area contributed by atoms with Gasteiger partial charge in [0.25, 0.3) is 0 Å². The molecule has 14 heteroatoms. The Bertz CT molecular complexity index is 1310. The Labute approximate surface area is 255 Å². The van der Waals surface area contributed by atoms with Crippen molar-refractivity contribution < 1.29 is 28.8 Å². The number of benzene rings is 2. The number of hydrogen-bond acceptors (Lipinski definition) is 10. The van der Waals surface area contributed by atoms with E-state index in [4.69, 9.17) is 22.9 Å². The molecule has 0 bridgehead atoms. The first kappa shape index (κ1) is 34.0. The third-order valence-electron chi connectivity index (χ3n) is 7.08. The van der Waals surface area contributed by atoms with E-state index in [1.54, 1.807) is 12.1 Å². The number of carbonyl (C=O) groups excluding carboxylic acids is 6. The monoisotopic (exact) mass is 608 g/mol. The summed E-state index contributed by atoms with van der Waals surface area (Å²) in [5, 5.41) is 10.1. The first-order valence-corrected chi connectivity index (χ1v) is 14.5. The molecule has 0 saturated heterocycles. The lowest BCUT2D eigenvalue weighted by molar-refractivity contribution is -0.125. The first-order valence-electron chi connectivity index (χ1n) is 14.5. The molecule has 3 rings (SSSR count). The minimum absolute atomic E-state index is 0.0223. The van der Waals surface area contributed by atoms with Crippen LogP contribution < -0.4 is 44.2 Å². The van der Waals surface area contributed by atoms with Gasteiger partial charge in [0.2, 0.25) is 23.6 Å². The molecular formula is C30H40N8O6. The number of rotatable bonds is 16. The first-order chi connectivity index (χ1) is 21.1. The molecule has 0 fully saturated rings. The Morgan fingerprint density at radius 1 is 0.614 bits per heavy atom. The van der Waals surface area contributed by atoms with Gasteiger partial charge in [0.05, 0.1) is 47.7 Å². The smallest absolute Gasteiger partial charge is 0.243 e. The summed E-state index contributed by atoms with van der Waals surface area (Å²) in [4.78, 5) is 77.2. The van der Waals surface area contributed by atoms with Gasteiger partial charge in [-0.1, -0.05) is 37.1 Å². The molecule has 236 valence electrons. The highest BCUT2D eigenvalue weighted by atomic mass is 16.2. The zero-order valence-corrected chi connectivity index (χ0v) is 24.4. The summed E-state index contributed by atoms with van der Waals surface area (Å²) in [5.41, 5.74) is 22.7. The van der Waals surface area contributed by atoms with Crippen LogP contribution in [0.5, 0.6) is 0 Å². The van der Waals surface area contributed by atoms with Crippen LogP contribution in [0.4, 0.5) is 11.4 Å². The summed E-state index contributed by atoms with van der Waals surface area (Å²) >= 11 is 0. The fraction of sp³-hybridized carbons (Fsp3) is 0.400. The quantitative estimate of drug-likeness (QED) is 0.0966. The van der Waals surface area contributed by atoms with Crippen molar-refractivity contribution in [3.8, 4) is 0 Å². The van der Waals surface area contributed by atoms with E-state index >= 15 is 0 Å². The van der Waals surface area contributed by atoms with E-state index in [0.717, 1.165) is 12.8 Å². The van der Waals surface area contributed by atoms with Gasteiger partial charge in [-0.2, -0.15) is 0 Å². The van der Waals surface area contributed by atoms with Crippen LogP contribution in [0.2, 0.25) is 0 Å². The SMILES string of the molecule is NCCCC[C@@H](N)C(=O)NCC(=O)Nc1ccc(NC(=O)CNC(=O)[C@H](N)CCCCN)c2c1C(=O)c1ccccc1C2=O. The van der Waals surface area contributed by atoms with Crippen LogP contribution in [0.25, 0.3) is 0 Å². The lowest BCUT2D eigenvalue weighted by Crippen LogP contribution is -2.44. The molecule has 0 saturated carbocycles. The summed E-state index contributed by atoms with van der Waals surface area (Å²) in [6.07, 6.45) is 3.59. The number of amides is 4. The van der Waals surface area contributed by atoms with Crippen molar-refractivity contribution >= 4 is 46.6 Å². The Hall–Kier alpha value is -4.50. The maximum atomic E-state index is 13.6. The second-order valence-corrected chi connectivity index (χ2v) is 10.4. The van der Waals surface area contributed by atoms with Crippen molar-refractivity contribution in [3.05, 3.63) is 58.7 Å². The maximum Gasteiger partial charge on any atom is 0.243 e. The second kappa shape index (κ2) is 16.4. The second-order valence-electron chi connectivity index (χ2n) is 10.4. The summed E-state index contributed by atoms with van der Waals surface area (Å²) in [7, 11) is 0. The van der Waals surface area contributed by atoms with Gasteiger partial charge in [0, 0.05) is 11.1 Å². The van der Waals surface area contributed by atoms with E-state index in [9.17, 15) is 28.8 Å². The largest absolute Gasteiger partial charge is 0.346 e. The molecule has 2 atom stereocenters. The fourth-order valence-electron chi connectivity index (χ4n) is 4.70. The van der Waals surface area contributed by atoms with Gasteiger partial charge in [-0.15, -0.1) is 0 Å². The van der Waals surface area contributed by atoms with Crippen molar-refractivity contribution in [2.24, 2.45) is 22.9 Å². The average molecular weight is 609 g/mol. The molecule has 1 aliphatic rings. The molecule has 4 amide bonds. The third-order valence-corrected chi connectivity index (χ3v) is 7.08. The lowest BCUT2D eigenvalue weighted by atomic mass is 9.82. The minimum Gasteiger partial charge on any atom is -0.346 e. The number of fused-ring (bicyclic) bond motifs is 2. The Morgan fingerprint density at radius 2 is 1.00 bits per heavy atom. The van der Waals surface area contributed by atoms with Crippen molar-refractivity contribution in [1.29, 1.82) is 0 Å². The number of nitrogens with two attached hydrogens (primary N) is 4. The van der Waals surface area contributed by atoms with Crippen LogP contribution in [0.15, 0.2) is 36.4 Å². The van der Waals surface area contributed by atoms with Gasteiger partial charge in [-0.05, 0) is 50.9 Å². The van der Waals surface area contributed by atoms with E-state index in [-0.39, 0.29) is 33.6 Å². The molecule has 2 aromatic rings. The lowest BCUT2D eigenvalue weighted by Gasteiger charge is -2.23. The van der Waals surface area contributed by atoms with Crippen LogP contribution >= 0.6 is 0 Å². The van der Waals surface area contributed by atoms with E-state index < -0.39 is 60.4 Å². The number of carbonyl (C=O) groups is 6. The molecule has 0 spiro atoms. The summed E-state index contributed by atoms with van der Waals surface area (Å²) < 4.78 is 0. The van der Waals surface area contributed by atoms with Gasteiger partial charge in [-0.3, -0.25) is 28.8 Å². The van der Waals surface area contributed by atoms with Crippen LogP contribution in [0.1, 0.15) is 70.4 Å². The molecule has 0 heterocycles. The highest BCUT2D eigenvalue weighted by molar-refractivity contribution is 6.32. The molecule has 0 aromatic heterocycles. The van der Waals surface area contributed by atoms with E-state index in [2.05, 4.69) is 21.3 Å². The topological polar surface area (TPSA) is 255 Å². The number of hydrogen-bond donors (Lipinski definition) is 8. The Balaban J connectivity index is 1.77.